The number of carbonyl (C=O) groups is 3. The molecule has 2 heterocycles. The number of benzene rings is 2. The summed E-state index contributed by atoms with van der Waals surface area (Å²) in [7, 11) is 0. The molecule has 2 aliphatic rings. The molecule has 0 radical (unpaired) electrons. The van der Waals surface area contributed by atoms with E-state index in [1.54, 1.807) is 35.3 Å². The third kappa shape index (κ3) is 8.92. The molecule has 0 spiro atoms. The van der Waals surface area contributed by atoms with Crippen LogP contribution in [-0.4, -0.2) is 62.2 Å². The Morgan fingerprint density at radius 3 is 2.31 bits per heavy atom. The molecular weight excluding hydrogens is 643 g/mol. The van der Waals surface area contributed by atoms with Crippen LogP contribution in [-0.2, 0) is 17.1 Å². The van der Waals surface area contributed by atoms with E-state index in [4.69, 9.17) is 0 Å². The lowest BCUT2D eigenvalue weighted by atomic mass is 10.1. The van der Waals surface area contributed by atoms with E-state index in [0.29, 0.717) is 37.3 Å². The normalized spacial score (nSPS) is 15.8. The first-order valence-electron chi connectivity index (χ1n) is 12.9. The first kappa shape index (κ1) is 29.8. The van der Waals surface area contributed by atoms with Gasteiger partial charge in [0.05, 0.1) is 4.24 Å². The first-order chi connectivity index (χ1) is 18.6. The minimum Gasteiger partial charge on any atom is -0.339 e. The Morgan fingerprint density at radius 2 is 1.64 bits per heavy atom. The maximum Gasteiger partial charge on any atom is 0.256 e. The second-order valence-corrected chi connectivity index (χ2v) is 15.8. The summed E-state index contributed by atoms with van der Waals surface area (Å²) in [6, 6.07) is 15.6. The lowest BCUT2D eigenvalue weighted by molar-refractivity contribution is -0.130. The SMILES string of the molecule is CC(=O)N1CCN(C(=O)c2cccc(CSC3=CI=C(NC(=O)c4ccc(CNC(C)(C)C)cc4)S3)c2)CC1. The van der Waals surface area contributed by atoms with E-state index in [1.165, 1.54) is 4.24 Å². The predicted molar refractivity (Wildman–Crippen MR) is 171 cm³/mol. The van der Waals surface area contributed by atoms with E-state index in [0.717, 1.165) is 26.4 Å². The van der Waals surface area contributed by atoms with E-state index in [2.05, 4.69) is 35.5 Å². The number of hydrogen-bond donors (Lipinski definition) is 2. The fraction of sp³-hybridized carbons (Fsp3) is 0.379. The summed E-state index contributed by atoms with van der Waals surface area (Å²) in [6.07, 6.45) is 0. The van der Waals surface area contributed by atoms with Crippen LogP contribution in [0, 0.1) is 0 Å². The molecule has 10 heteroatoms. The second-order valence-electron chi connectivity index (χ2n) is 10.5. The maximum absolute atomic E-state index is 13.0. The van der Waals surface area contributed by atoms with Crippen LogP contribution in [0.1, 0.15) is 59.5 Å². The van der Waals surface area contributed by atoms with Crippen LogP contribution in [0.25, 0.3) is 0 Å². The monoisotopic (exact) mass is 678 g/mol. The van der Waals surface area contributed by atoms with Crippen LogP contribution in [0.3, 0.4) is 0 Å². The van der Waals surface area contributed by atoms with E-state index < -0.39 is 0 Å². The topological polar surface area (TPSA) is 81.8 Å². The molecule has 0 unspecified atom stereocenters. The molecule has 2 N–H and O–H groups in total. The van der Waals surface area contributed by atoms with Crippen LogP contribution >= 0.6 is 44.3 Å². The van der Waals surface area contributed by atoms with Crippen LogP contribution < -0.4 is 10.6 Å². The summed E-state index contributed by atoms with van der Waals surface area (Å²) < 4.78 is 4.47. The average molecular weight is 679 g/mol. The van der Waals surface area contributed by atoms with Gasteiger partial charge in [0.25, 0.3) is 11.8 Å². The molecule has 39 heavy (non-hydrogen) atoms. The minimum atomic E-state index is -0.367. The van der Waals surface area contributed by atoms with Gasteiger partial charge in [-0.1, -0.05) is 56.8 Å². The summed E-state index contributed by atoms with van der Waals surface area (Å²) >= 11 is 3.01. The standard InChI is InChI=1S/C29H35IN4O3S2/c1-20(35)33-12-14-34(15-13-33)27(37)24-7-5-6-22(16-24)19-38-25-17-30-28(39-25)32-26(36)23-10-8-21(9-11-23)18-31-29(2,3)4/h5-11,16-17,31H,12-15,18-19H2,1-4H3,(H,32,36). The number of amides is 3. The van der Waals surface area contributed by atoms with Crippen LogP contribution in [0.4, 0.5) is 0 Å². The molecule has 2 aromatic carbocycles. The smallest absolute Gasteiger partial charge is 0.256 e. The van der Waals surface area contributed by atoms with Crippen molar-refractivity contribution in [2.45, 2.75) is 45.5 Å². The zero-order valence-corrected chi connectivity index (χ0v) is 26.5. The van der Waals surface area contributed by atoms with Gasteiger partial charge >= 0.3 is 0 Å². The Labute approximate surface area is 249 Å². The van der Waals surface area contributed by atoms with Crippen molar-refractivity contribution in [2.75, 3.05) is 26.2 Å². The Balaban J connectivity index is 1.22. The summed E-state index contributed by atoms with van der Waals surface area (Å²) in [5.41, 5.74) is 3.64. The molecule has 2 aliphatic heterocycles. The number of halogens is 1. The molecule has 3 amide bonds. The van der Waals surface area contributed by atoms with Gasteiger partial charge in [-0.15, -0.1) is 11.8 Å². The third-order valence-corrected chi connectivity index (χ3v) is 12.2. The van der Waals surface area contributed by atoms with Gasteiger partial charge in [-0.05, 0) is 60.2 Å². The van der Waals surface area contributed by atoms with Gasteiger partial charge in [0.1, 0.15) is 2.96 Å². The number of nitrogens with one attached hydrogen (secondary N) is 2. The molecule has 7 nitrogen and oxygen atoms in total. The zero-order valence-electron chi connectivity index (χ0n) is 22.8. The fourth-order valence-corrected chi connectivity index (χ4v) is 9.92. The Kier molecular flexibility index (Phi) is 10.3. The van der Waals surface area contributed by atoms with Gasteiger partial charge < -0.3 is 20.4 Å². The maximum atomic E-state index is 13.0. The molecular formula is C29H35IN4O3S2. The molecule has 0 saturated carbocycles. The highest BCUT2D eigenvalue weighted by Gasteiger charge is 2.23. The minimum absolute atomic E-state index is 0.0159. The Bertz CT molecular complexity index is 1280. The molecule has 208 valence electrons. The molecule has 2 aromatic rings. The van der Waals surface area contributed by atoms with Crippen molar-refractivity contribution in [3.63, 3.8) is 0 Å². The van der Waals surface area contributed by atoms with Gasteiger partial charge in [0.15, 0.2) is 0 Å². The van der Waals surface area contributed by atoms with Crippen molar-refractivity contribution in [1.82, 2.24) is 20.4 Å². The van der Waals surface area contributed by atoms with Crippen molar-refractivity contribution < 1.29 is 14.4 Å². The molecule has 1 fully saturated rings. The first-order valence-corrected chi connectivity index (χ1v) is 17.0. The molecule has 0 aliphatic carbocycles. The summed E-state index contributed by atoms with van der Waals surface area (Å²) in [4.78, 5) is 40.9. The predicted octanol–water partition coefficient (Wildman–Crippen LogP) is 5.15. The van der Waals surface area contributed by atoms with Gasteiger partial charge in [-0.2, -0.15) is 0 Å². The Hall–Kier alpha value is -2.15. The zero-order chi connectivity index (χ0) is 28.0. The quantitative estimate of drug-likeness (QED) is 0.377. The fourth-order valence-electron chi connectivity index (χ4n) is 4.00. The van der Waals surface area contributed by atoms with Gasteiger partial charge in [0.2, 0.25) is 5.91 Å². The van der Waals surface area contributed by atoms with E-state index in [9.17, 15) is 14.4 Å². The van der Waals surface area contributed by atoms with Crippen molar-refractivity contribution in [3.05, 3.63) is 79.1 Å². The lowest BCUT2D eigenvalue weighted by Gasteiger charge is -2.34. The Morgan fingerprint density at radius 1 is 0.949 bits per heavy atom. The number of nitrogens with zero attached hydrogens (tertiary/aromatic N) is 2. The van der Waals surface area contributed by atoms with Gasteiger partial charge in [-0.25, -0.2) is 0 Å². The number of thioether (sulfide) groups is 2. The van der Waals surface area contributed by atoms with E-state index in [1.807, 2.05) is 53.4 Å². The van der Waals surface area contributed by atoms with Crippen LogP contribution in [0.15, 0.2) is 56.9 Å². The summed E-state index contributed by atoms with van der Waals surface area (Å²) in [6.45, 7) is 11.0. The van der Waals surface area contributed by atoms with Crippen LogP contribution in [0.2, 0.25) is 0 Å². The molecule has 0 atom stereocenters. The van der Waals surface area contributed by atoms with Crippen molar-refractivity contribution in [1.29, 1.82) is 0 Å². The number of rotatable bonds is 8. The lowest BCUT2D eigenvalue weighted by Crippen LogP contribution is -2.50. The molecule has 1 saturated heterocycles. The third-order valence-electron chi connectivity index (χ3n) is 6.25. The summed E-state index contributed by atoms with van der Waals surface area (Å²) in [5.74, 6) is 0.762. The second kappa shape index (κ2) is 13.5. The van der Waals surface area contributed by atoms with Crippen LogP contribution in [0.5, 0.6) is 0 Å². The van der Waals surface area contributed by atoms with Crippen molar-refractivity contribution in [3.8, 4) is 0 Å². The number of carbonyl (C=O) groups excluding carboxylic acids is 3. The van der Waals surface area contributed by atoms with E-state index in [-0.39, 0.29) is 44.0 Å². The largest absolute Gasteiger partial charge is 0.339 e. The van der Waals surface area contributed by atoms with Crippen molar-refractivity contribution >= 4 is 64.9 Å². The van der Waals surface area contributed by atoms with Gasteiger partial charge in [0, 0.05) is 62.1 Å². The summed E-state index contributed by atoms with van der Waals surface area (Å²) in [5, 5.41) is 6.56. The highest BCUT2D eigenvalue weighted by atomic mass is 127. The van der Waals surface area contributed by atoms with Crippen molar-refractivity contribution in [2.24, 2.45) is 0 Å². The average Bonchev–Trinajstić information content (AvgIpc) is 3.37. The molecule has 0 aromatic heterocycles. The highest BCUT2D eigenvalue weighted by Crippen LogP contribution is 2.40. The van der Waals surface area contributed by atoms with E-state index >= 15 is 0 Å². The number of piperazine rings is 1. The molecule has 0 bridgehead atoms. The number of hydrogen-bond acceptors (Lipinski definition) is 6. The van der Waals surface area contributed by atoms with Gasteiger partial charge in [-0.3, -0.25) is 14.4 Å². The molecule has 4 rings (SSSR count). The highest BCUT2D eigenvalue weighted by molar-refractivity contribution is 14.2.